The van der Waals surface area contributed by atoms with Gasteiger partial charge in [0, 0.05) is 24.5 Å². The lowest BCUT2D eigenvalue weighted by Crippen LogP contribution is -2.28. The maximum Gasteiger partial charge on any atom is 0.263 e. The molecule has 32 heavy (non-hydrogen) atoms. The number of thioether (sulfide) groups is 1. The number of thiophene rings is 1. The molecular formula is C25H25N3O2S2. The second-order valence-corrected chi connectivity index (χ2v) is 9.56. The molecule has 0 unspecified atom stereocenters. The number of nitrogens with one attached hydrogen (secondary N) is 1. The van der Waals surface area contributed by atoms with Crippen LogP contribution in [-0.4, -0.2) is 27.8 Å². The highest BCUT2D eigenvalue weighted by molar-refractivity contribution is 7.99. The van der Waals surface area contributed by atoms with Crippen molar-refractivity contribution in [2.45, 2.75) is 25.4 Å². The van der Waals surface area contributed by atoms with Crippen LogP contribution in [0.15, 0.2) is 63.9 Å². The van der Waals surface area contributed by atoms with E-state index in [2.05, 4.69) is 36.3 Å². The number of aryl methyl sites for hydroxylation is 2. The highest BCUT2D eigenvalue weighted by atomic mass is 32.2. The third kappa shape index (κ3) is 4.79. The summed E-state index contributed by atoms with van der Waals surface area (Å²) in [5.74, 6) is 0.151. The van der Waals surface area contributed by atoms with Crippen LogP contribution in [0.5, 0.6) is 0 Å². The van der Waals surface area contributed by atoms with Crippen molar-refractivity contribution in [2.24, 2.45) is 7.05 Å². The Balaban J connectivity index is 1.47. The minimum atomic E-state index is -0.0866. The molecule has 2 heterocycles. The molecule has 0 saturated heterocycles. The molecule has 164 valence electrons. The van der Waals surface area contributed by atoms with Gasteiger partial charge in [-0.15, -0.1) is 11.3 Å². The fraction of sp³-hybridized carbons (Fsp3) is 0.240. The highest BCUT2D eigenvalue weighted by Crippen LogP contribution is 2.32. The van der Waals surface area contributed by atoms with Crippen LogP contribution in [-0.2, 0) is 18.3 Å². The zero-order valence-electron chi connectivity index (χ0n) is 18.3. The Hall–Kier alpha value is -2.90. The molecule has 0 radical (unpaired) electrons. The predicted octanol–water partition coefficient (Wildman–Crippen LogP) is 4.73. The quantitative estimate of drug-likeness (QED) is 0.318. The van der Waals surface area contributed by atoms with E-state index in [9.17, 15) is 9.59 Å². The Morgan fingerprint density at radius 2 is 1.91 bits per heavy atom. The number of nitrogens with zero attached hydrogens (tertiary/aromatic N) is 2. The number of rotatable bonds is 7. The summed E-state index contributed by atoms with van der Waals surface area (Å²) in [7, 11) is 1.71. The first-order valence-electron chi connectivity index (χ1n) is 10.4. The molecule has 5 nitrogen and oxygen atoms in total. The number of carbonyl (C=O) groups excluding carboxylic acids is 1. The van der Waals surface area contributed by atoms with Gasteiger partial charge in [0.1, 0.15) is 4.83 Å². The van der Waals surface area contributed by atoms with Gasteiger partial charge in [0.2, 0.25) is 5.91 Å². The van der Waals surface area contributed by atoms with Crippen LogP contribution < -0.4 is 10.9 Å². The number of hydrogen-bond donors (Lipinski definition) is 1. The minimum Gasteiger partial charge on any atom is -0.355 e. The Labute approximate surface area is 195 Å². The summed E-state index contributed by atoms with van der Waals surface area (Å²) in [6, 6.07) is 16.3. The lowest BCUT2D eigenvalue weighted by Gasteiger charge is -2.09. The first-order chi connectivity index (χ1) is 15.4. The molecule has 7 heteroatoms. The largest absolute Gasteiger partial charge is 0.355 e. The predicted molar refractivity (Wildman–Crippen MR) is 134 cm³/mol. The maximum absolute atomic E-state index is 13.1. The second-order valence-electron chi connectivity index (χ2n) is 7.76. The molecule has 2 aromatic heterocycles. The number of hydrogen-bond acceptors (Lipinski definition) is 5. The molecule has 4 aromatic rings. The van der Waals surface area contributed by atoms with Crippen LogP contribution in [0, 0.1) is 13.8 Å². The Morgan fingerprint density at radius 1 is 1.12 bits per heavy atom. The summed E-state index contributed by atoms with van der Waals surface area (Å²) in [5.41, 5.74) is 5.45. The molecule has 2 aromatic carbocycles. The van der Waals surface area contributed by atoms with Crippen molar-refractivity contribution in [3.8, 4) is 11.1 Å². The SMILES string of the molecule is Cc1ccc(-c2csc3nc(SCC(=O)NCCc4ccccc4)n(C)c(=O)c23)cc1C. The summed E-state index contributed by atoms with van der Waals surface area (Å²) < 4.78 is 1.54. The van der Waals surface area contributed by atoms with Crippen LogP contribution in [0.2, 0.25) is 0 Å². The number of amides is 1. The van der Waals surface area contributed by atoms with Crippen molar-refractivity contribution in [1.82, 2.24) is 14.9 Å². The van der Waals surface area contributed by atoms with Crippen LogP contribution in [0.1, 0.15) is 16.7 Å². The van der Waals surface area contributed by atoms with Gasteiger partial charge in [-0.3, -0.25) is 14.2 Å². The van der Waals surface area contributed by atoms with E-state index in [1.807, 2.05) is 41.8 Å². The Bertz CT molecular complexity index is 1330. The number of aromatic nitrogens is 2. The van der Waals surface area contributed by atoms with E-state index in [1.54, 1.807) is 11.6 Å². The van der Waals surface area contributed by atoms with E-state index in [-0.39, 0.29) is 17.2 Å². The van der Waals surface area contributed by atoms with Crippen molar-refractivity contribution in [1.29, 1.82) is 0 Å². The topological polar surface area (TPSA) is 64.0 Å². The smallest absolute Gasteiger partial charge is 0.263 e. The van der Waals surface area contributed by atoms with E-state index < -0.39 is 0 Å². The van der Waals surface area contributed by atoms with Gasteiger partial charge >= 0.3 is 0 Å². The zero-order chi connectivity index (χ0) is 22.7. The molecule has 0 aliphatic rings. The van der Waals surface area contributed by atoms with E-state index in [1.165, 1.54) is 39.8 Å². The van der Waals surface area contributed by atoms with Gasteiger partial charge in [0.25, 0.3) is 5.56 Å². The average molecular weight is 464 g/mol. The van der Waals surface area contributed by atoms with Crippen LogP contribution >= 0.6 is 23.1 Å². The van der Waals surface area contributed by atoms with Crippen LogP contribution in [0.3, 0.4) is 0 Å². The molecule has 0 atom stereocenters. The van der Waals surface area contributed by atoms with Crippen molar-refractivity contribution < 1.29 is 4.79 Å². The van der Waals surface area contributed by atoms with Crippen molar-refractivity contribution in [3.05, 3.63) is 81.0 Å². The summed E-state index contributed by atoms with van der Waals surface area (Å²) in [4.78, 5) is 30.8. The van der Waals surface area contributed by atoms with Crippen molar-refractivity contribution in [2.75, 3.05) is 12.3 Å². The second kappa shape index (κ2) is 9.71. The minimum absolute atomic E-state index is 0.0673. The lowest BCUT2D eigenvalue weighted by atomic mass is 10.0. The van der Waals surface area contributed by atoms with Crippen LogP contribution in [0.25, 0.3) is 21.3 Å². The normalized spacial score (nSPS) is 11.1. The Morgan fingerprint density at radius 3 is 2.66 bits per heavy atom. The van der Waals surface area contributed by atoms with Crippen molar-refractivity contribution in [3.63, 3.8) is 0 Å². The summed E-state index contributed by atoms with van der Waals surface area (Å²) in [5, 5.41) is 6.12. The van der Waals surface area contributed by atoms with E-state index in [0.29, 0.717) is 21.9 Å². The molecule has 0 fully saturated rings. The van der Waals surface area contributed by atoms with Gasteiger partial charge in [-0.25, -0.2) is 4.98 Å². The summed E-state index contributed by atoms with van der Waals surface area (Å²) in [6.07, 6.45) is 0.788. The first-order valence-corrected chi connectivity index (χ1v) is 12.3. The van der Waals surface area contributed by atoms with Gasteiger partial charge in [-0.05, 0) is 42.5 Å². The number of fused-ring (bicyclic) bond motifs is 1. The van der Waals surface area contributed by atoms with E-state index >= 15 is 0 Å². The van der Waals surface area contributed by atoms with Gasteiger partial charge in [-0.1, -0.05) is 60.3 Å². The van der Waals surface area contributed by atoms with Crippen molar-refractivity contribution >= 4 is 39.2 Å². The maximum atomic E-state index is 13.1. The lowest BCUT2D eigenvalue weighted by molar-refractivity contribution is -0.118. The molecular weight excluding hydrogens is 438 g/mol. The summed E-state index contributed by atoms with van der Waals surface area (Å²) in [6.45, 7) is 4.73. The summed E-state index contributed by atoms with van der Waals surface area (Å²) >= 11 is 2.75. The molecule has 0 bridgehead atoms. The van der Waals surface area contributed by atoms with E-state index in [0.717, 1.165) is 17.5 Å². The fourth-order valence-corrected chi connectivity index (χ4v) is 5.27. The Kier molecular flexibility index (Phi) is 6.77. The first kappa shape index (κ1) is 22.3. The standard InChI is InChI=1S/C25H25N3O2S2/c1-16-9-10-19(13-17(16)2)20-14-31-23-22(20)24(30)28(3)25(27-23)32-15-21(29)26-12-11-18-7-5-4-6-8-18/h4-10,13-14H,11-12,15H2,1-3H3,(H,26,29). The molecule has 1 amide bonds. The average Bonchev–Trinajstić information content (AvgIpc) is 3.22. The highest BCUT2D eigenvalue weighted by Gasteiger charge is 2.17. The third-order valence-electron chi connectivity index (χ3n) is 5.50. The van der Waals surface area contributed by atoms with Gasteiger partial charge in [0.15, 0.2) is 5.16 Å². The van der Waals surface area contributed by atoms with Gasteiger partial charge in [0.05, 0.1) is 11.1 Å². The monoisotopic (exact) mass is 463 g/mol. The van der Waals surface area contributed by atoms with E-state index in [4.69, 9.17) is 0 Å². The van der Waals surface area contributed by atoms with Crippen LogP contribution in [0.4, 0.5) is 0 Å². The molecule has 4 rings (SSSR count). The molecule has 1 N–H and O–H groups in total. The van der Waals surface area contributed by atoms with Gasteiger partial charge < -0.3 is 5.32 Å². The number of carbonyl (C=O) groups is 1. The molecule has 0 aliphatic heterocycles. The third-order valence-corrected chi connectivity index (χ3v) is 7.41. The fourth-order valence-electron chi connectivity index (χ4n) is 3.48. The molecule has 0 saturated carbocycles. The zero-order valence-corrected chi connectivity index (χ0v) is 20.0. The molecule has 0 aliphatic carbocycles. The van der Waals surface area contributed by atoms with Gasteiger partial charge in [-0.2, -0.15) is 0 Å². The molecule has 0 spiro atoms. The number of benzene rings is 2.